The molecule has 142 valence electrons. The molecule has 2 amide bonds. The molecule has 2 aliphatic rings. The van der Waals surface area contributed by atoms with E-state index in [0.29, 0.717) is 23.9 Å². The lowest BCUT2D eigenvalue weighted by molar-refractivity contribution is -0.130. The van der Waals surface area contributed by atoms with Gasteiger partial charge < -0.3 is 15.1 Å². The van der Waals surface area contributed by atoms with Crippen molar-refractivity contribution in [1.82, 2.24) is 9.88 Å². The summed E-state index contributed by atoms with van der Waals surface area (Å²) in [5.41, 5.74) is 1.77. The second-order valence-electron chi connectivity index (χ2n) is 7.28. The second kappa shape index (κ2) is 6.96. The molecule has 0 radical (unpaired) electrons. The lowest BCUT2D eigenvalue weighted by atomic mass is 9.85. The standard InChI is InChI=1S/C20H24N4O2S/c1-14-5-7-15(8-6-14)23-11-3-9-20(18(23)26)10-4-12-24(20)17(25)16-13-27-19(21-2)22-16/h5-8,13H,3-4,9-12H2,1-2H3,(H,21,22). The highest BCUT2D eigenvalue weighted by atomic mass is 32.1. The Bertz CT molecular complexity index is 863. The molecular weight excluding hydrogens is 360 g/mol. The van der Waals surface area contributed by atoms with Gasteiger partial charge in [-0.2, -0.15) is 0 Å². The maximum absolute atomic E-state index is 13.5. The summed E-state index contributed by atoms with van der Waals surface area (Å²) in [4.78, 5) is 34.7. The minimum atomic E-state index is -0.732. The molecule has 6 nitrogen and oxygen atoms in total. The minimum absolute atomic E-state index is 0.0486. The van der Waals surface area contributed by atoms with E-state index in [1.165, 1.54) is 16.9 Å². The SMILES string of the molecule is CNc1nc(C(=O)N2CCCC23CCCN(c2ccc(C)cc2)C3=O)cs1. The predicted molar refractivity (Wildman–Crippen MR) is 107 cm³/mol. The number of hydrogen-bond acceptors (Lipinski definition) is 5. The van der Waals surface area contributed by atoms with Crippen LogP contribution in [0.1, 0.15) is 41.7 Å². The van der Waals surface area contributed by atoms with Crippen molar-refractivity contribution in [2.45, 2.75) is 38.1 Å². The lowest BCUT2D eigenvalue weighted by Crippen LogP contribution is -2.61. The molecule has 0 aliphatic carbocycles. The number of anilines is 2. The second-order valence-corrected chi connectivity index (χ2v) is 8.13. The number of benzene rings is 1. The molecule has 2 aromatic rings. The number of thiazole rings is 1. The fraction of sp³-hybridized carbons (Fsp3) is 0.450. The van der Waals surface area contributed by atoms with Crippen LogP contribution in [0.2, 0.25) is 0 Å². The number of amides is 2. The van der Waals surface area contributed by atoms with Crippen LogP contribution in [0.5, 0.6) is 0 Å². The molecule has 2 saturated heterocycles. The van der Waals surface area contributed by atoms with Gasteiger partial charge in [-0.3, -0.25) is 9.59 Å². The number of piperidine rings is 1. The van der Waals surface area contributed by atoms with Crippen molar-refractivity contribution in [1.29, 1.82) is 0 Å². The van der Waals surface area contributed by atoms with E-state index in [2.05, 4.69) is 10.3 Å². The Kier molecular flexibility index (Phi) is 4.63. The quantitative estimate of drug-likeness (QED) is 0.882. The zero-order valence-corrected chi connectivity index (χ0v) is 16.5. The van der Waals surface area contributed by atoms with E-state index in [9.17, 15) is 9.59 Å². The molecule has 2 fully saturated rings. The Balaban J connectivity index is 1.64. The smallest absolute Gasteiger partial charge is 0.274 e. The summed E-state index contributed by atoms with van der Waals surface area (Å²) < 4.78 is 0. The van der Waals surface area contributed by atoms with Crippen molar-refractivity contribution in [3.05, 3.63) is 40.9 Å². The molecule has 1 N–H and O–H groups in total. The van der Waals surface area contributed by atoms with Crippen LogP contribution in [-0.4, -0.2) is 47.4 Å². The Labute approximate surface area is 163 Å². The first-order valence-corrected chi connectivity index (χ1v) is 10.3. The van der Waals surface area contributed by atoms with Crippen molar-refractivity contribution in [3.63, 3.8) is 0 Å². The number of nitrogens with one attached hydrogen (secondary N) is 1. The monoisotopic (exact) mass is 384 g/mol. The molecule has 7 heteroatoms. The topological polar surface area (TPSA) is 65.5 Å². The molecule has 0 bridgehead atoms. The summed E-state index contributed by atoms with van der Waals surface area (Å²) >= 11 is 1.41. The van der Waals surface area contributed by atoms with Crippen LogP contribution in [-0.2, 0) is 4.79 Å². The first-order chi connectivity index (χ1) is 13.0. The maximum Gasteiger partial charge on any atom is 0.274 e. The van der Waals surface area contributed by atoms with Gasteiger partial charge in [0.15, 0.2) is 5.13 Å². The van der Waals surface area contributed by atoms with Crippen molar-refractivity contribution in [2.24, 2.45) is 0 Å². The summed E-state index contributed by atoms with van der Waals surface area (Å²) in [6, 6.07) is 8.03. The van der Waals surface area contributed by atoms with Gasteiger partial charge in [-0.15, -0.1) is 11.3 Å². The van der Waals surface area contributed by atoms with Crippen LogP contribution in [0.25, 0.3) is 0 Å². The van der Waals surface area contributed by atoms with E-state index in [4.69, 9.17) is 0 Å². The van der Waals surface area contributed by atoms with Crippen LogP contribution >= 0.6 is 11.3 Å². The molecule has 1 spiro atoms. The van der Waals surface area contributed by atoms with Gasteiger partial charge in [0.25, 0.3) is 11.8 Å². The summed E-state index contributed by atoms with van der Waals surface area (Å²) in [5, 5.41) is 5.45. The minimum Gasteiger partial charge on any atom is -0.365 e. The van der Waals surface area contributed by atoms with Crippen molar-refractivity contribution in [2.75, 3.05) is 30.4 Å². The summed E-state index contributed by atoms with van der Waals surface area (Å²) in [6.45, 7) is 3.35. The maximum atomic E-state index is 13.5. The number of likely N-dealkylation sites (tertiary alicyclic amines) is 1. The normalized spacial score (nSPS) is 22.5. The number of carbonyl (C=O) groups is 2. The molecule has 1 atom stereocenters. The molecule has 3 heterocycles. The first-order valence-electron chi connectivity index (χ1n) is 9.39. The van der Waals surface area contributed by atoms with Gasteiger partial charge in [0.2, 0.25) is 0 Å². The molecule has 2 aliphatic heterocycles. The van der Waals surface area contributed by atoms with Gasteiger partial charge in [-0.1, -0.05) is 17.7 Å². The Morgan fingerprint density at radius 2 is 1.89 bits per heavy atom. The highest BCUT2D eigenvalue weighted by Gasteiger charge is 2.53. The molecule has 1 aromatic carbocycles. The number of aryl methyl sites for hydroxylation is 1. The van der Waals surface area contributed by atoms with Crippen LogP contribution in [0.3, 0.4) is 0 Å². The molecule has 4 rings (SSSR count). The number of carbonyl (C=O) groups excluding carboxylic acids is 2. The molecule has 1 aromatic heterocycles. The Morgan fingerprint density at radius 1 is 1.19 bits per heavy atom. The van der Waals surface area contributed by atoms with Gasteiger partial charge >= 0.3 is 0 Å². The molecule has 27 heavy (non-hydrogen) atoms. The average molecular weight is 385 g/mol. The third kappa shape index (κ3) is 3.00. The third-order valence-electron chi connectivity index (χ3n) is 5.63. The van der Waals surface area contributed by atoms with Crippen LogP contribution in [0.4, 0.5) is 10.8 Å². The largest absolute Gasteiger partial charge is 0.365 e. The highest BCUT2D eigenvalue weighted by molar-refractivity contribution is 7.13. The van der Waals surface area contributed by atoms with Gasteiger partial charge in [0, 0.05) is 31.2 Å². The van der Waals surface area contributed by atoms with Crippen LogP contribution < -0.4 is 10.2 Å². The summed E-state index contributed by atoms with van der Waals surface area (Å²) in [5.74, 6) is -0.0862. The van der Waals surface area contributed by atoms with E-state index < -0.39 is 5.54 Å². The van der Waals surface area contributed by atoms with Crippen LogP contribution in [0.15, 0.2) is 29.6 Å². The first kappa shape index (κ1) is 18.0. The summed E-state index contributed by atoms with van der Waals surface area (Å²) in [7, 11) is 1.79. The predicted octanol–water partition coefficient (Wildman–Crippen LogP) is 3.30. The number of hydrogen-bond donors (Lipinski definition) is 1. The Morgan fingerprint density at radius 3 is 2.56 bits per heavy atom. The zero-order chi connectivity index (χ0) is 19.0. The fourth-order valence-corrected chi connectivity index (χ4v) is 4.89. The van der Waals surface area contributed by atoms with Gasteiger partial charge in [0.05, 0.1) is 0 Å². The van der Waals surface area contributed by atoms with Crippen molar-refractivity contribution < 1.29 is 9.59 Å². The van der Waals surface area contributed by atoms with Gasteiger partial charge in [0.1, 0.15) is 11.2 Å². The molecule has 0 saturated carbocycles. The molecular formula is C20H24N4O2S. The van der Waals surface area contributed by atoms with E-state index in [1.807, 2.05) is 36.1 Å². The highest BCUT2D eigenvalue weighted by Crippen LogP contribution is 2.40. The van der Waals surface area contributed by atoms with E-state index in [0.717, 1.165) is 31.4 Å². The van der Waals surface area contributed by atoms with E-state index in [-0.39, 0.29) is 11.8 Å². The number of rotatable bonds is 3. The Hall–Kier alpha value is -2.41. The van der Waals surface area contributed by atoms with Gasteiger partial charge in [-0.05, 0) is 44.7 Å². The third-order valence-corrected chi connectivity index (χ3v) is 6.49. The van der Waals surface area contributed by atoms with Crippen molar-refractivity contribution >= 4 is 34.0 Å². The molecule has 1 unspecified atom stereocenters. The summed E-state index contributed by atoms with van der Waals surface area (Å²) in [6.07, 6.45) is 3.19. The van der Waals surface area contributed by atoms with Crippen molar-refractivity contribution in [3.8, 4) is 0 Å². The zero-order valence-electron chi connectivity index (χ0n) is 15.7. The number of nitrogens with zero attached hydrogens (tertiary/aromatic N) is 3. The fourth-order valence-electron chi connectivity index (χ4n) is 4.24. The van der Waals surface area contributed by atoms with Crippen LogP contribution in [0, 0.1) is 6.92 Å². The number of aromatic nitrogens is 1. The van der Waals surface area contributed by atoms with E-state index >= 15 is 0 Å². The van der Waals surface area contributed by atoms with Gasteiger partial charge in [-0.25, -0.2) is 4.98 Å². The average Bonchev–Trinajstić information content (AvgIpc) is 3.32. The van der Waals surface area contributed by atoms with E-state index in [1.54, 1.807) is 17.3 Å². The lowest BCUT2D eigenvalue weighted by Gasteiger charge is -2.44.